The quantitative estimate of drug-likeness (QED) is 0.354. The average molecular weight is 325 g/mol. The fourth-order valence-electron chi connectivity index (χ4n) is 1.52. The lowest BCUT2D eigenvalue weighted by molar-refractivity contribution is -0.384. The summed E-state index contributed by atoms with van der Waals surface area (Å²) >= 11 is 11.8. The van der Waals surface area contributed by atoms with Crippen LogP contribution in [0, 0.1) is 10.1 Å². The molecule has 106 valence electrons. The predicted molar refractivity (Wildman–Crippen MR) is 77.4 cm³/mol. The first-order valence-electron chi connectivity index (χ1n) is 5.50. The van der Waals surface area contributed by atoms with E-state index in [0.717, 1.165) is 0 Å². The highest BCUT2D eigenvalue weighted by Gasteiger charge is 2.13. The van der Waals surface area contributed by atoms with Gasteiger partial charge in [0.1, 0.15) is 16.5 Å². The van der Waals surface area contributed by atoms with E-state index in [9.17, 15) is 14.9 Å². The monoisotopic (exact) mass is 324 g/mol. The van der Waals surface area contributed by atoms with E-state index in [1.54, 1.807) is 0 Å². The average Bonchev–Trinajstić information content (AvgIpc) is 2.42. The Morgan fingerprint density at radius 2 is 1.90 bits per heavy atom. The first-order chi connectivity index (χ1) is 10.0. The Morgan fingerprint density at radius 3 is 2.48 bits per heavy atom. The number of hydrogen-bond acceptors (Lipinski definition) is 5. The van der Waals surface area contributed by atoms with Gasteiger partial charge in [-0.15, -0.1) is 0 Å². The molecule has 0 fully saturated rings. The lowest BCUT2D eigenvalue weighted by atomic mass is 10.3. The van der Waals surface area contributed by atoms with Crippen LogP contribution in [0.3, 0.4) is 0 Å². The molecule has 0 heterocycles. The largest absolute Gasteiger partial charge is 0.456 e. The number of aliphatic imine (C=N–C) groups is 1. The third kappa shape index (κ3) is 3.58. The van der Waals surface area contributed by atoms with Gasteiger partial charge in [-0.3, -0.25) is 10.1 Å². The van der Waals surface area contributed by atoms with Gasteiger partial charge in [0.05, 0.1) is 15.6 Å². The summed E-state index contributed by atoms with van der Waals surface area (Å²) in [6.45, 7) is 0. The Morgan fingerprint density at radius 1 is 1.14 bits per heavy atom. The minimum Gasteiger partial charge on any atom is -0.456 e. The molecule has 0 aromatic heterocycles. The SMILES string of the molecule is O=C=Nc1ccc(Oc2ccc([N+](=O)[O-])c(Cl)c2)c(Cl)c1. The van der Waals surface area contributed by atoms with Crippen molar-refractivity contribution >= 4 is 40.7 Å². The zero-order chi connectivity index (χ0) is 15.4. The minimum absolute atomic E-state index is 0.0456. The van der Waals surface area contributed by atoms with Gasteiger partial charge in [0.2, 0.25) is 6.08 Å². The molecule has 0 atom stereocenters. The number of rotatable bonds is 4. The van der Waals surface area contributed by atoms with Gasteiger partial charge in [0.25, 0.3) is 5.69 Å². The molecule has 0 aliphatic rings. The van der Waals surface area contributed by atoms with Crippen molar-refractivity contribution in [3.05, 3.63) is 56.6 Å². The van der Waals surface area contributed by atoms with E-state index in [4.69, 9.17) is 27.9 Å². The highest BCUT2D eigenvalue weighted by Crippen LogP contribution is 2.35. The molecule has 2 aromatic carbocycles. The minimum atomic E-state index is -0.592. The van der Waals surface area contributed by atoms with E-state index < -0.39 is 4.92 Å². The van der Waals surface area contributed by atoms with Crippen molar-refractivity contribution in [3.8, 4) is 11.5 Å². The van der Waals surface area contributed by atoms with Crippen LogP contribution in [0.4, 0.5) is 11.4 Å². The molecule has 6 nitrogen and oxygen atoms in total. The standard InChI is InChI=1S/C13H6Cl2N2O4/c14-10-6-9(2-3-12(10)17(19)20)21-13-4-1-8(16-7-18)5-11(13)15/h1-6H. The number of nitro groups is 1. The number of nitrogens with zero attached hydrogens (tertiary/aromatic N) is 2. The molecule has 0 radical (unpaired) electrons. The summed E-state index contributed by atoms with van der Waals surface area (Å²) in [6.07, 6.45) is 1.40. The van der Waals surface area contributed by atoms with Crippen LogP contribution in [0.15, 0.2) is 41.4 Å². The second-order valence-electron chi connectivity index (χ2n) is 3.79. The lowest BCUT2D eigenvalue weighted by Gasteiger charge is -2.08. The Labute approximate surface area is 128 Å². The van der Waals surface area contributed by atoms with Gasteiger partial charge >= 0.3 is 0 Å². The zero-order valence-corrected chi connectivity index (χ0v) is 11.8. The molecule has 2 aromatic rings. The molecule has 21 heavy (non-hydrogen) atoms. The van der Waals surface area contributed by atoms with E-state index in [0.29, 0.717) is 17.2 Å². The number of isocyanates is 1. The second kappa shape index (κ2) is 6.37. The fourth-order valence-corrected chi connectivity index (χ4v) is 1.97. The molecule has 0 bridgehead atoms. The maximum atomic E-state index is 10.7. The van der Waals surface area contributed by atoms with Gasteiger partial charge < -0.3 is 4.74 Å². The number of nitro benzene ring substituents is 1. The molecule has 2 rings (SSSR count). The van der Waals surface area contributed by atoms with Crippen molar-refractivity contribution in [2.75, 3.05) is 0 Å². The van der Waals surface area contributed by atoms with Gasteiger partial charge in [-0.05, 0) is 24.3 Å². The van der Waals surface area contributed by atoms with Crippen LogP contribution in [-0.4, -0.2) is 11.0 Å². The van der Waals surface area contributed by atoms with Crippen molar-refractivity contribution in [1.29, 1.82) is 0 Å². The van der Waals surface area contributed by atoms with Crippen LogP contribution >= 0.6 is 23.2 Å². The van der Waals surface area contributed by atoms with Gasteiger partial charge in [-0.1, -0.05) is 23.2 Å². The van der Waals surface area contributed by atoms with Gasteiger partial charge in [0, 0.05) is 12.1 Å². The van der Waals surface area contributed by atoms with E-state index >= 15 is 0 Å². The molecule has 0 spiro atoms. The van der Waals surface area contributed by atoms with Crippen molar-refractivity contribution < 1.29 is 14.5 Å². The topological polar surface area (TPSA) is 81.8 Å². The Kier molecular flexibility index (Phi) is 4.55. The number of ether oxygens (including phenoxy) is 1. The molecular formula is C13H6Cl2N2O4. The summed E-state index contributed by atoms with van der Waals surface area (Å²) in [5, 5.41) is 10.8. The molecule has 0 unspecified atom stereocenters. The summed E-state index contributed by atoms with van der Waals surface area (Å²) in [4.78, 5) is 23.6. The molecular weight excluding hydrogens is 319 g/mol. The van der Waals surface area contributed by atoms with Crippen LogP contribution in [0.25, 0.3) is 0 Å². The zero-order valence-electron chi connectivity index (χ0n) is 10.2. The summed E-state index contributed by atoms with van der Waals surface area (Å²) in [5.41, 5.74) is 0.120. The maximum Gasteiger partial charge on any atom is 0.288 e. The first kappa shape index (κ1) is 15.0. The Hall–Kier alpha value is -2.40. The smallest absolute Gasteiger partial charge is 0.288 e. The predicted octanol–water partition coefficient (Wildman–Crippen LogP) is 4.66. The highest BCUT2D eigenvalue weighted by atomic mass is 35.5. The molecule has 0 N–H and O–H groups in total. The van der Waals surface area contributed by atoms with Crippen molar-refractivity contribution in [2.24, 2.45) is 4.99 Å². The van der Waals surface area contributed by atoms with Gasteiger partial charge in [0.15, 0.2) is 0 Å². The van der Waals surface area contributed by atoms with Crippen LogP contribution in [-0.2, 0) is 4.79 Å². The van der Waals surface area contributed by atoms with Crippen molar-refractivity contribution in [1.82, 2.24) is 0 Å². The van der Waals surface area contributed by atoms with E-state index in [1.165, 1.54) is 42.5 Å². The van der Waals surface area contributed by atoms with Crippen LogP contribution in [0.1, 0.15) is 0 Å². The number of carbonyl (C=O) groups excluding carboxylic acids is 1. The van der Waals surface area contributed by atoms with E-state index in [-0.39, 0.29) is 15.7 Å². The van der Waals surface area contributed by atoms with Crippen LogP contribution in [0.5, 0.6) is 11.5 Å². The summed E-state index contributed by atoms with van der Waals surface area (Å²) in [7, 11) is 0. The van der Waals surface area contributed by atoms with Crippen molar-refractivity contribution in [2.45, 2.75) is 0 Å². The summed E-state index contributed by atoms with van der Waals surface area (Å²) < 4.78 is 5.48. The lowest BCUT2D eigenvalue weighted by Crippen LogP contribution is -1.90. The second-order valence-corrected chi connectivity index (χ2v) is 4.60. The molecule has 0 saturated carbocycles. The molecule has 0 aliphatic heterocycles. The number of hydrogen-bond donors (Lipinski definition) is 0. The normalized spacial score (nSPS) is 9.81. The summed E-state index contributed by atoms with van der Waals surface area (Å²) in [5.74, 6) is 0.588. The van der Waals surface area contributed by atoms with E-state index in [1.807, 2.05) is 0 Å². The number of benzene rings is 2. The number of halogens is 2. The van der Waals surface area contributed by atoms with Gasteiger partial charge in [-0.25, -0.2) is 4.79 Å². The van der Waals surface area contributed by atoms with Crippen LogP contribution in [0.2, 0.25) is 10.0 Å². The Bertz CT molecular complexity index is 758. The third-order valence-electron chi connectivity index (χ3n) is 2.43. The fraction of sp³-hybridized carbons (Fsp3) is 0. The molecule has 8 heteroatoms. The first-order valence-corrected chi connectivity index (χ1v) is 6.26. The van der Waals surface area contributed by atoms with Crippen LogP contribution < -0.4 is 4.74 Å². The Balaban J connectivity index is 2.28. The molecule has 0 amide bonds. The van der Waals surface area contributed by atoms with Gasteiger partial charge in [-0.2, -0.15) is 4.99 Å². The molecule has 0 aliphatic carbocycles. The molecule has 0 saturated heterocycles. The third-order valence-corrected chi connectivity index (χ3v) is 3.03. The maximum absolute atomic E-state index is 10.7. The van der Waals surface area contributed by atoms with Crippen molar-refractivity contribution in [3.63, 3.8) is 0 Å². The highest BCUT2D eigenvalue weighted by molar-refractivity contribution is 6.33. The van der Waals surface area contributed by atoms with E-state index in [2.05, 4.69) is 4.99 Å². The summed E-state index contributed by atoms with van der Waals surface area (Å²) in [6, 6.07) is 8.39.